The summed E-state index contributed by atoms with van der Waals surface area (Å²) in [4.78, 5) is 11.0. The van der Waals surface area contributed by atoms with Crippen LogP contribution < -0.4 is 0 Å². The zero-order valence-corrected chi connectivity index (χ0v) is 17.4. The van der Waals surface area contributed by atoms with Gasteiger partial charge in [-0.25, -0.2) is 0 Å². The molecule has 0 amide bonds. The number of fused-ring (bicyclic) bond motifs is 5. The minimum absolute atomic E-state index is 0.107. The summed E-state index contributed by atoms with van der Waals surface area (Å²) >= 11 is 0. The van der Waals surface area contributed by atoms with Crippen LogP contribution in [0.1, 0.15) is 78.6 Å². The minimum atomic E-state index is -0.654. The second-order valence-corrected chi connectivity index (χ2v) is 10.9. The molecule has 0 saturated heterocycles. The van der Waals surface area contributed by atoms with Crippen LogP contribution in [0.2, 0.25) is 0 Å². The maximum atomic E-state index is 11.0. The van der Waals surface area contributed by atoms with E-state index in [4.69, 9.17) is 5.11 Å². The summed E-state index contributed by atoms with van der Waals surface area (Å²) in [5, 5.41) is 19.2. The molecular formula is C24H38O3. The first-order chi connectivity index (χ1) is 12.8. The van der Waals surface area contributed by atoms with Crippen molar-refractivity contribution in [3.63, 3.8) is 0 Å². The number of allylic oxidation sites excluding steroid dienone is 2. The highest BCUT2D eigenvalue weighted by molar-refractivity contribution is 5.66. The van der Waals surface area contributed by atoms with E-state index in [-0.39, 0.29) is 6.10 Å². The van der Waals surface area contributed by atoms with E-state index in [0.29, 0.717) is 40.9 Å². The quantitative estimate of drug-likeness (QED) is 0.658. The fraction of sp³-hybridized carbons (Fsp3) is 0.875. The zero-order valence-electron chi connectivity index (χ0n) is 17.4. The normalized spacial score (nSPS) is 49.8. The molecule has 0 bridgehead atoms. The molecule has 0 aromatic rings. The van der Waals surface area contributed by atoms with Crippen molar-refractivity contribution in [2.75, 3.05) is 0 Å². The highest BCUT2D eigenvalue weighted by atomic mass is 16.4. The molecular weight excluding hydrogens is 336 g/mol. The Morgan fingerprint density at radius 3 is 2.52 bits per heavy atom. The number of aliphatic carboxylic acids is 1. The molecule has 0 aromatic heterocycles. The summed E-state index contributed by atoms with van der Waals surface area (Å²) in [6, 6.07) is 0. The first-order valence-electron chi connectivity index (χ1n) is 11.3. The maximum absolute atomic E-state index is 11.0. The molecule has 0 unspecified atom stereocenters. The lowest BCUT2D eigenvalue weighted by molar-refractivity contribution is -0.137. The van der Waals surface area contributed by atoms with Gasteiger partial charge in [-0.05, 0) is 97.7 Å². The van der Waals surface area contributed by atoms with E-state index < -0.39 is 5.97 Å². The van der Waals surface area contributed by atoms with E-state index in [9.17, 15) is 9.90 Å². The number of carbonyl (C=O) groups is 1. The fourth-order valence-corrected chi connectivity index (χ4v) is 8.12. The van der Waals surface area contributed by atoms with Gasteiger partial charge in [0.1, 0.15) is 0 Å². The number of hydrogen-bond acceptors (Lipinski definition) is 2. The third-order valence-corrected chi connectivity index (χ3v) is 9.71. The molecule has 3 saturated carbocycles. The van der Waals surface area contributed by atoms with Gasteiger partial charge in [0, 0.05) is 6.42 Å². The van der Waals surface area contributed by atoms with Crippen molar-refractivity contribution in [2.45, 2.75) is 84.7 Å². The second kappa shape index (κ2) is 6.90. The van der Waals surface area contributed by atoms with Crippen LogP contribution in [0.5, 0.6) is 0 Å². The van der Waals surface area contributed by atoms with Crippen LogP contribution in [0.3, 0.4) is 0 Å². The number of carboxylic acid groups (broad SMARTS) is 1. The van der Waals surface area contributed by atoms with Crippen LogP contribution in [-0.2, 0) is 4.79 Å². The Labute approximate surface area is 164 Å². The monoisotopic (exact) mass is 374 g/mol. The number of hydrogen-bond donors (Lipinski definition) is 2. The first kappa shape index (κ1) is 19.5. The van der Waals surface area contributed by atoms with Crippen LogP contribution in [0.15, 0.2) is 12.2 Å². The van der Waals surface area contributed by atoms with E-state index in [0.717, 1.165) is 31.1 Å². The summed E-state index contributed by atoms with van der Waals surface area (Å²) in [5.41, 5.74) is 0.744. The average molecular weight is 375 g/mol. The van der Waals surface area contributed by atoms with Crippen molar-refractivity contribution < 1.29 is 15.0 Å². The smallest absolute Gasteiger partial charge is 0.303 e. The van der Waals surface area contributed by atoms with Gasteiger partial charge in [0.25, 0.3) is 0 Å². The van der Waals surface area contributed by atoms with Crippen molar-refractivity contribution in [3.05, 3.63) is 12.2 Å². The first-order valence-corrected chi connectivity index (χ1v) is 11.3. The van der Waals surface area contributed by atoms with Crippen LogP contribution in [0.4, 0.5) is 0 Å². The van der Waals surface area contributed by atoms with Gasteiger partial charge >= 0.3 is 5.97 Å². The molecule has 152 valence electrons. The standard InChI is InChI=1S/C24H38O3/c1-15(4-9-22(26)27)19-7-8-20-18-6-5-16-14-17(25)10-12-23(16,2)21(18)11-13-24(19,20)3/h5-6,15-21,25H,4,7-14H2,1-3H3,(H,26,27)/t15-,16-,17-,18+,19-,20+,21+,23+,24-/m1/s1. The van der Waals surface area contributed by atoms with Gasteiger partial charge in [-0.15, -0.1) is 0 Å². The topological polar surface area (TPSA) is 57.5 Å². The predicted octanol–water partition coefficient (Wildman–Crippen LogP) is 5.28. The van der Waals surface area contributed by atoms with Crippen molar-refractivity contribution in [1.29, 1.82) is 0 Å². The number of aliphatic hydroxyl groups excluding tert-OH is 1. The van der Waals surface area contributed by atoms with Gasteiger partial charge in [-0.1, -0.05) is 32.9 Å². The molecule has 4 aliphatic carbocycles. The van der Waals surface area contributed by atoms with Gasteiger partial charge in [0.05, 0.1) is 6.10 Å². The van der Waals surface area contributed by atoms with Crippen molar-refractivity contribution in [1.82, 2.24) is 0 Å². The number of aliphatic hydroxyl groups is 1. The number of rotatable bonds is 4. The zero-order chi connectivity index (χ0) is 19.4. The number of carboxylic acids is 1. The van der Waals surface area contributed by atoms with Crippen molar-refractivity contribution in [3.8, 4) is 0 Å². The van der Waals surface area contributed by atoms with E-state index in [2.05, 4.69) is 32.9 Å². The fourth-order valence-electron chi connectivity index (χ4n) is 8.12. The van der Waals surface area contributed by atoms with Gasteiger partial charge in [-0.2, -0.15) is 0 Å². The van der Waals surface area contributed by atoms with Crippen molar-refractivity contribution >= 4 is 5.97 Å². The Hall–Kier alpha value is -0.830. The Balaban J connectivity index is 1.55. The van der Waals surface area contributed by atoms with E-state index in [1.54, 1.807) is 0 Å². The highest BCUT2D eigenvalue weighted by Gasteiger charge is 2.59. The summed E-state index contributed by atoms with van der Waals surface area (Å²) in [5.74, 6) is 3.30. The predicted molar refractivity (Wildman–Crippen MR) is 107 cm³/mol. The molecule has 2 N–H and O–H groups in total. The third kappa shape index (κ3) is 3.09. The molecule has 3 fully saturated rings. The summed E-state index contributed by atoms with van der Waals surface area (Å²) in [7, 11) is 0. The van der Waals surface area contributed by atoms with Crippen LogP contribution >= 0.6 is 0 Å². The Kier molecular flexibility index (Phi) is 4.98. The lowest BCUT2D eigenvalue weighted by Gasteiger charge is -2.59. The molecule has 0 heterocycles. The Bertz CT molecular complexity index is 613. The molecule has 0 aromatic carbocycles. The maximum Gasteiger partial charge on any atom is 0.303 e. The second-order valence-electron chi connectivity index (χ2n) is 10.9. The minimum Gasteiger partial charge on any atom is -0.481 e. The highest BCUT2D eigenvalue weighted by Crippen LogP contribution is 2.66. The molecule has 0 spiro atoms. The molecule has 9 atom stereocenters. The van der Waals surface area contributed by atoms with Crippen LogP contribution in [0.25, 0.3) is 0 Å². The summed E-state index contributed by atoms with van der Waals surface area (Å²) < 4.78 is 0. The van der Waals surface area contributed by atoms with E-state index in [1.165, 1.54) is 32.1 Å². The van der Waals surface area contributed by atoms with Gasteiger partial charge in [0.2, 0.25) is 0 Å². The largest absolute Gasteiger partial charge is 0.481 e. The summed E-state index contributed by atoms with van der Waals surface area (Å²) in [6.45, 7) is 7.33. The van der Waals surface area contributed by atoms with Gasteiger partial charge < -0.3 is 10.2 Å². The SMILES string of the molecule is C[C@H](CCC(=O)O)[C@H]1CC[C@H]2[C@@H]3C=C[C@@H]4C[C@H](O)CC[C@]4(C)[C@H]3CC[C@]12C. The van der Waals surface area contributed by atoms with Crippen LogP contribution in [-0.4, -0.2) is 22.3 Å². The van der Waals surface area contributed by atoms with Gasteiger partial charge in [0.15, 0.2) is 0 Å². The lowest BCUT2D eigenvalue weighted by atomic mass is 9.46. The van der Waals surface area contributed by atoms with Crippen LogP contribution in [0, 0.1) is 46.3 Å². The molecule has 0 aliphatic heterocycles. The molecule has 3 nitrogen and oxygen atoms in total. The van der Waals surface area contributed by atoms with E-state index >= 15 is 0 Å². The Morgan fingerprint density at radius 1 is 1.07 bits per heavy atom. The summed E-state index contributed by atoms with van der Waals surface area (Å²) in [6.07, 6.45) is 14.3. The molecule has 4 aliphatic rings. The third-order valence-electron chi connectivity index (χ3n) is 9.71. The molecule has 0 radical (unpaired) electrons. The average Bonchev–Trinajstić information content (AvgIpc) is 2.97. The molecule has 3 heteroatoms. The van der Waals surface area contributed by atoms with E-state index in [1.807, 2.05) is 0 Å². The Morgan fingerprint density at radius 2 is 1.78 bits per heavy atom. The van der Waals surface area contributed by atoms with Gasteiger partial charge in [-0.3, -0.25) is 4.79 Å². The molecule has 27 heavy (non-hydrogen) atoms. The molecule has 4 rings (SSSR count). The van der Waals surface area contributed by atoms with Crippen molar-refractivity contribution in [2.24, 2.45) is 46.3 Å². The lowest BCUT2D eigenvalue weighted by Crippen LogP contribution is -2.52.